The molecule has 0 saturated heterocycles. The van der Waals surface area contributed by atoms with Crippen LogP contribution >= 0.6 is 0 Å². The number of aromatic nitrogens is 18. The van der Waals surface area contributed by atoms with E-state index in [1.807, 2.05) is 107 Å². The number of pyridine rings is 2. The topological polar surface area (TPSA) is 330 Å². The first kappa shape index (κ1) is 97.8. The van der Waals surface area contributed by atoms with Gasteiger partial charge in [0.15, 0.2) is 69.8 Å². The zero-order chi connectivity index (χ0) is 102. The molecule has 45 heteroatoms. The van der Waals surface area contributed by atoms with Crippen LogP contribution in [-0.4, -0.2) is 87.6 Å². The predicted molar refractivity (Wildman–Crippen MR) is 505 cm³/mol. The third-order valence-electron chi connectivity index (χ3n) is 22.1. The van der Waals surface area contributed by atoms with Crippen molar-refractivity contribution in [3.05, 3.63) is 353 Å². The molecule has 0 aliphatic heterocycles. The van der Waals surface area contributed by atoms with Crippen LogP contribution in [0.25, 0.3) is 84.3 Å². The number of fused-ring (bicyclic) bond motifs is 5. The van der Waals surface area contributed by atoms with Crippen molar-refractivity contribution >= 4 is 130 Å². The van der Waals surface area contributed by atoms with Crippen LogP contribution in [0.15, 0.2) is 262 Å². The average molecular weight is 1990 g/mol. The van der Waals surface area contributed by atoms with E-state index in [4.69, 9.17) is 17.2 Å². The minimum atomic E-state index is -4.51. The van der Waals surface area contributed by atoms with Crippen LogP contribution < -0.4 is 43.8 Å². The second-order valence-corrected chi connectivity index (χ2v) is 32.2. The fraction of sp³-hybridized carbons (Fsp3) is 0.121. The summed E-state index contributed by atoms with van der Waals surface area (Å²) in [6.07, 6.45) is -7.63. The highest BCUT2D eigenvalue weighted by atomic mass is 19.4. The molecule has 1 aliphatic carbocycles. The lowest BCUT2D eigenvalue weighted by atomic mass is 10.1. The first-order valence-electron chi connectivity index (χ1n) is 43.1. The highest BCUT2D eigenvalue weighted by Crippen LogP contribution is 2.44. The Bertz CT molecular complexity index is 8160. The number of imidazole rings is 5. The maximum absolute atomic E-state index is 14.5. The summed E-state index contributed by atoms with van der Waals surface area (Å²) >= 11 is 0. The van der Waals surface area contributed by atoms with E-state index in [1.165, 1.54) is 71.6 Å². The van der Waals surface area contributed by atoms with Gasteiger partial charge in [0.2, 0.25) is 0 Å². The Hall–Kier alpha value is -17.8. The molecule has 21 rings (SSSR count). The first-order valence-corrected chi connectivity index (χ1v) is 43.1. The minimum Gasteiger partial charge on any atom is -0.399 e. The molecule has 0 amide bonds. The molecule has 144 heavy (non-hydrogen) atoms. The van der Waals surface area contributed by atoms with Gasteiger partial charge in [-0.15, -0.1) is 0 Å². The minimum absolute atomic E-state index is 0.0177. The Kier molecular flexibility index (Phi) is 27.3. The van der Waals surface area contributed by atoms with Gasteiger partial charge in [0, 0.05) is 93.8 Å². The summed E-state index contributed by atoms with van der Waals surface area (Å²) in [5, 5.41) is 14.4. The van der Waals surface area contributed by atoms with Crippen LogP contribution in [0.4, 0.5) is 158 Å². The Morgan fingerprint density at radius 3 is 1.13 bits per heavy atom. The number of nitrogens with zero attached hydrogens (tertiary/aromatic N) is 18. The maximum atomic E-state index is 14.5. The number of nitrogens with two attached hydrogens (primary N) is 3. The lowest BCUT2D eigenvalue weighted by Gasteiger charge is -2.13. The Morgan fingerprint density at radius 1 is 0.312 bits per heavy atom. The summed E-state index contributed by atoms with van der Waals surface area (Å²) in [5.41, 5.74) is 21.9. The number of alkyl halides is 13. The molecule has 11 N–H and O–H groups in total. The molecule has 732 valence electrons. The van der Waals surface area contributed by atoms with Gasteiger partial charge in [0.1, 0.15) is 52.4 Å². The van der Waals surface area contributed by atoms with Crippen molar-refractivity contribution in [1.29, 1.82) is 0 Å². The van der Waals surface area contributed by atoms with E-state index in [1.54, 1.807) is 54.5 Å². The summed E-state index contributed by atoms with van der Waals surface area (Å²) < 4.78 is 258. The fourth-order valence-electron chi connectivity index (χ4n) is 15.4. The van der Waals surface area contributed by atoms with Crippen LogP contribution in [-0.2, 0) is 18.5 Å². The Labute approximate surface area is 801 Å². The Morgan fingerprint density at radius 2 is 0.694 bits per heavy atom. The van der Waals surface area contributed by atoms with Gasteiger partial charge >= 0.3 is 18.5 Å². The van der Waals surface area contributed by atoms with Crippen molar-refractivity contribution in [3.63, 3.8) is 0 Å². The number of aryl methyl sites for hydroxylation is 4. The number of nitrogen functional groups attached to an aromatic ring is 3. The van der Waals surface area contributed by atoms with Gasteiger partial charge < -0.3 is 43.8 Å². The van der Waals surface area contributed by atoms with E-state index in [2.05, 4.69) is 91.4 Å². The number of hydrogen-bond donors (Lipinski definition) is 8. The molecule has 10 heterocycles. The SMILES string of the molecule is Cc1nc2cc(F)c(F)cc2n1-c1cc(N)c(F)c(Nc2ccc(C(F)(F)F)cc2)n1.Cc1nc2ccccc2n1-c1cncc(Nc2ccc(C(F)(F)F)c(N)c2)n1.Cc1nc2ccccc2n1-c1cncc(Nc2ccc(C(F)F)c(F)c2)n1.Cc1nc2ccccc2n1-c1cncc(Nc2ccc(C(F)F)cc2)n1.Nc1cc(Nc2ccc(C(F)(F)F)cc2)nc(-n2c(C3CC3)nc3cc(F)c(F)cc32)c1. The van der Waals surface area contributed by atoms with Gasteiger partial charge in [-0.05, 0) is 174 Å². The van der Waals surface area contributed by atoms with E-state index in [0.29, 0.717) is 91.8 Å². The van der Waals surface area contributed by atoms with Crippen LogP contribution in [0.5, 0.6) is 0 Å². The number of anilines is 13. The van der Waals surface area contributed by atoms with Gasteiger partial charge in [0.05, 0.1) is 120 Å². The molecule has 10 aromatic heterocycles. The second kappa shape index (κ2) is 40.2. The maximum Gasteiger partial charge on any atom is 0.418 e. The van der Waals surface area contributed by atoms with Crippen molar-refractivity contribution in [3.8, 4) is 29.1 Å². The van der Waals surface area contributed by atoms with Crippen LogP contribution in [0.3, 0.4) is 0 Å². The lowest BCUT2D eigenvalue weighted by Crippen LogP contribution is -2.09. The zero-order valence-electron chi connectivity index (χ0n) is 74.9. The van der Waals surface area contributed by atoms with Crippen LogP contribution in [0, 0.1) is 62.6 Å². The Balaban J connectivity index is 0.000000124. The van der Waals surface area contributed by atoms with E-state index in [-0.39, 0.29) is 57.0 Å². The summed E-state index contributed by atoms with van der Waals surface area (Å²) in [5.74, 6) is 0.552. The van der Waals surface area contributed by atoms with E-state index < -0.39 is 88.5 Å². The highest BCUT2D eigenvalue weighted by molar-refractivity contribution is 5.83. The van der Waals surface area contributed by atoms with Crippen molar-refractivity contribution in [1.82, 2.24) is 87.6 Å². The number of halogens is 19. The van der Waals surface area contributed by atoms with E-state index in [9.17, 15) is 83.4 Å². The third-order valence-corrected chi connectivity index (χ3v) is 22.1. The third kappa shape index (κ3) is 21.8. The summed E-state index contributed by atoms with van der Waals surface area (Å²) in [7, 11) is 0. The number of nitrogens with one attached hydrogen (secondary N) is 5. The van der Waals surface area contributed by atoms with Gasteiger partial charge in [-0.3, -0.25) is 37.8 Å². The fourth-order valence-corrected chi connectivity index (χ4v) is 15.4. The molecule has 1 aliphatic rings. The second-order valence-electron chi connectivity index (χ2n) is 32.2. The lowest BCUT2D eigenvalue weighted by molar-refractivity contribution is -0.138. The predicted octanol–water partition coefficient (Wildman–Crippen LogP) is 25.6. The van der Waals surface area contributed by atoms with E-state index >= 15 is 0 Å². The van der Waals surface area contributed by atoms with Crippen molar-refractivity contribution in [2.45, 2.75) is 77.8 Å². The summed E-state index contributed by atoms with van der Waals surface area (Å²) in [4.78, 5) is 56.9. The smallest absolute Gasteiger partial charge is 0.399 e. The monoisotopic (exact) mass is 1990 g/mol. The average Bonchev–Trinajstić information content (AvgIpc) is 1.59. The molecule has 26 nitrogen and oxygen atoms in total. The number of benzene rings is 10. The standard InChI is InChI=1S/C22H16F5N5.C20H13F6N5.C19H15F3N6.C19H14F3N5.C19H15F2N5/c23-15-9-17-18(10-16(15)24)32(21(30-17)11-1-2-11)20-8-13(28)7-19(31-20)29-14-5-3-12(4-6-14)22(25,26)27;1-9-28-15-6-12(21)13(22)7-16(15)31(9)17-8-14(27)18(23)19(30-17)29-11-4-2-10(3-5-11)20(24,25)26;1-11-25-15-4-2-3-5-16(15)28(11)18-10-24-9-17(27-18)26-12-6-7-13(14(23)8-12)19(20,21)22;1-11-24-15-4-2-3-5-16(15)27(11)18-10-23-9-17(26-18)25-12-6-7-13(19(21)22)14(20)8-12;1-12-23-15-4-2-3-5-16(15)26(12)18-11-22-10-17(25-18)24-14-8-6-13(7-9-14)19(20)21/h3-11H,1-2H2,(H3,28,29,31);2-8H,1H3,(H3,27,29,30);2-10H,23H2,1H3,(H,26,27);2-10,19H,1H3,(H,25,26);2-11,19H,1H3,(H,24,25). The molecule has 0 radical (unpaired) electrons. The number of para-hydroxylation sites is 6. The molecule has 1 saturated carbocycles. The molecular formula is C99H73F19N26. The van der Waals surface area contributed by atoms with Gasteiger partial charge in [0.25, 0.3) is 12.9 Å². The van der Waals surface area contributed by atoms with Crippen LogP contribution in [0.1, 0.15) is 88.5 Å². The molecule has 10 aromatic carbocycles. The van der Waals surface area contributed by atoms with Crippen LogP contribution in [0.2, 0.25) is 0 Å². The van der Waals surface area contributed by atoms with E-state index in [0.717, 1.165) is 142 Å². The quantitative estimate of drug-likeness (QED) is 0.0292. The summed E-state index contributed by atoms with van der Waals surface area (Å²) in [6, 6.07) is 52.5. The number of rotatable bonds is 18. The molecule has 0 bridgehead atoms. The normalized spacial score (nSPS) is 12.1. The van der Waals surface area contributed by atoms with Gasteiger partial charge in [-0.2, -0.15) is 39.5 Å². The molecule has 0 atom stereocenters. The molecular weight excluding hydrogens is 1910 g/mol. The largest absolute Gasteiger partial charge is 0.418 e. The zero-order valence-corrected chi connectivity index (χ0v) is 74.9. The first-order chi connectivity index (χ1) is 68.7. The summed E-state index contributed by atoms with van der Waals surface area (Å²) in [6.45, 7) is 7.18. The van der Waals surface area contributed by atoms with Gasteiger partial charge in [-0.25, -0.2) is 93.7 Å². The van der Waals surface area contributed by atoms with Gasteiger partial charge in [-0.1, -0.05) is 48.5 Å². The molecule has 20 aromatic rings. The molecule has 0 spiro atoms. The van der Waals surface area contributed by atoms with Crippen molar-refractivity contribution in [2.24, 2.45) is 0 Å². The molecule has 0 unspecified atom stereocenters. The molecule has 1 fully saturated rings. The highest BCUT2D eigenvalue weighted by Gasteiger charge is 2.36. The number of hydrogen-bond acceptors (Lipinski definition) is 21. The van der Waals surface area contributed by atoms with Crippen molar-refractivity contribution in [2.75, 3.05) is 43.8 Å². The van der Waals surface area contributed by atoms with Crippen molar-refractivity contribution < 1.29 is 83.4 Å².